The SMILES string of the molecule is N#C/C(C(=O)NC1CCCCC1)=c1\s/c(=C\c2ccc(OC(F)F)cc2)c(=O)n1-c1ccccc1. The highest BCUT2D eigenvalue weighted by Gasteiger charge is 2.21. The molecule has 0 atom stereocenters. The first-order chi connectivity index (χ1) is 17.0. The van der Waals surface area contributed by atoms with E-state index in [9.17, 15) is 23.6 Å². The molecule has 1 aliphatic rings. The summed E-state index contributed by atoms with van der Waals surface area (Å²) in [5.74, 6) is -0.490. The molecule has 35 heavy (non-hydrogen) atoms. The summed E-state index contributed by atoms with van der Waals surface area (Å²) >= 11 is 1.04. The summed E-state index contributed by atoms with van der Waals surface area (Å²) in [4.78, 5) is 26.5. The molecule has 3 aromatic rings. The number of nitrogens with zero attached hydrogens (tertiary/aromatic N) is 2. The Labute approximate surface area is 204 Å². The van der Waals surface area contributed by atoms with Gasteiger partial charge in [-0.05, 0) is 48.7 Å². The normalized spacial score (nSPS) is 15.5. The molecular formula is C26H23F2N3O3S. The van der Waals surface area contributed by atoms with Crippen molar-refractivity contribution in [3.05, 3.63) is 79.7 Å². The lowest BCUT2D eigenvalue weighted by Gasteiger charge is -2.22. The fourth-order valence-corrected chi connectivity index (χ4v) is 5.16. The molecule has 0 aliphatic heterocycles. The number of ether oxygens (including phenoxy) is 1. The molecule has 1 aromatic heterocycles. The number of hydrogen-bond donors (Lipinski definition) is 1. The number of nitrogens with one attached hydrogen (secondary N) is 1. The summed E-state index contributed by atoms with van der Waals surface area (Å²) < 4.78 is 31.1. The molecule has 1 saturated carbocycles. The van der Waals surface area contributed by atoms with E-state index >= 15 is 0 Å². The molecule has 0 spiro atoms. The number of alkyl halides is 2. The van der Waals surface area contributed by atoms with Gasteiger partial charge in [0.15, 0.2) is 5.57 Å². The quantitative estimate of drug-likeness (QED) is 0.568. The number of halogens is 2. The molecule has 0 radical (unpaired) electrons. The Bertz CT molecular complexity index is 1400. The summed E-state index contributed by atoms with van der Waals surface area (Å²) in [7, 11) is 0. The van der Waals surface area contributed by atoms with Crippen molar-refractivity contribution >= 4 is 28.9 Å². The van der Waals surface area contributed by atoms with Gasteiger partial charge in [-0.25, -0.2) is 0 Å². The molecule has 0 saturated heterocycles. The van der Waals surface area contributed by atoms with E-state index in [4.69, 9.17) is 0 Å². The number of para-hydroxylation sites is 1. The molecule has 2 aromatic carbocycles. The number of benzene rings is 2. The second-order valence-corrected chi connectivity index (χ2v) is 9.17. The Morgan fingerprint density at radius 2 is 1.80 bits per heavy atom. The van der Waals surface area contributed by atoms with Gasteiger partial charge in [0, 0.05) is 6.04 Å². The van der Waals surface area contributed by atoms with E-state index in [-0.39, 0.29) is 27.6 Å². The highest BCUT2D eigenvalue weighted by atomic mass is 32.1. The summed E-state index contributed by atoms with van der Waals surface area (Å²) in [6.07, 6.45) is 6.52. The lowest BCUT2D eigenvalue weighted by atomic mass is 9.95. The molecular weight excluding hydrogens is 472 g/mol. The van der Waals surface area contributed by atoms with Crippen LogP contribution in [0.1, 0.15) is 37.7 Å². The van der Waals surface area contributed by atoms with Gasteiger partial charge in [0.25, 0.3) is 11.5 Å². The molecule has 6 nitrogen and oxygen atoms in total. The van der Waals surface area contributed by atoms with Crippen molar-refractivity contribution < 1.29 is 18.3 Å². The first-order valence-corrected chi connectivity index (χ1v) is 12.1. The molecule has 1 aliphatic carbocycles. The minimum atomic E-state index is -2.93. The van der Waals surface area contributed by atoms with Crippen LogP contribution in [-0.4, -0.2) is 23.1 Å². The number of nitriles is 1. The molecule has 4 rings (SSSR count). The van der Waals surface area contributed by atoms with Crippen LogP contribution in [0.2, 0.25) is 0 Å². The fraction of sp³-hybridized carbons (Fsp3) is 0.269. The third-order valence-electron chi connectivity index (χ3n) is 5.73. The number of hydrogen-bond acceptors (Lipinski definition) is 5. The lowest BCUT2D eigenvalue weighted by Crippen LogP contribution is -2.39. The Kier molecular flexibility index (Phi) is 7.73. The summed E-state index contributed by atoms with van der Waals surface area (Å²) in [5.41, 5.74) is 0.605. The highest BCUT2D eigenvalue weighted by Crippen LogP contribution is 2.18. The van der Waals surface area contributed by atoms with Crippen molar-refractivity contribution in [1.29, 1.82) is 5.26 Å². The zero-order valence-corrected chi connectivity index (χ0v) is 19.6. The molecule has 1 N–H and O–H groups in total. The standard InChI is InChI=1S/C26H23F2N3O3S/c27-26(28)34-20-13-11-17(12-14-20)15-22-24(33)31(19-9-5-2-6-10-19)25(35-22)21(16-29)23(32)30-18-7-3-1-4-8-18/h2,5-6,9-15,18,26H,1,3-4,7-8H2,(H,30,32)/b22-15-,25-21+. The van der Waals surface area contributed by atoms with Crippen molar-refractivity contribution in [3.63, 3.8) is 0 Å². The molecule has 1 amide bonds. The van der Waals surface area contributed by atoms with Gasteiger partial charge in [-0.15, -0.1) is 11.3 Å². The first kappa shape index (κ1) is 24.4. The third kappa shape index (κ3) is 5.84. The second kappa shape index (κ2) is 11.1. The van der Waals surface area contributed by atoms with Crippen LogP contribution in [0.3, 0.4) is 0 Å². The number of aromatic nitrogens is 1. The average molecular weight is 496 g/mol. The second-order valence-electron chi connectivity index (χ2n) is 8.13. The molecule has 1 heterocycles. The van der Waals surface area contributed by atoms with Gasteiger partial charge < -0.3 is 10.1 Å². The molecule has 0 unspecified atom stereocenters. The zero-order chi connectivity index (χ0) is 24.8. The Balaban J connectivity index is 1.83. The summed E-state index contributed by atoms with van der Waals surface area (Å²) in [5, 5.41) is 12.9. The minimum absolute atomic E-state index is 0.00481. The van der Waals surface area contributed by atoms with Crippen LogP contribution in [0.25, 0.3) is 17.3 Å². The molecule has 9 heteroatoms. The Morgan fingerprint density at radius 3 is 2.43 bits per heavy atom. The van der Waals surface area contributed by atoms with Crippen molar-refractivity contribution in [2.45, 2.75) is 44.8 Å². The van der Waals surface area contributed by atoms with E-state index in [1.807, 2.05) is 6.07 Å². The number of rotatable bonds is 6. The topological polar surface area (TPSA) is 84.1 Å². The van der Waals surface area contributed by atoms with E-state index < -0.39 is 12.5 Å². The fourth-order valence-electron chi connectivity index (χ4n) is 4.06. The largest absolute Gasteiger partial charge is 0.435 e. The van der Waals surface area contributed by atoms with Crippen LogP contribution in [-0.2, 0) is 4.79 Å². The van der Waals surface area contributed by atoms with Crippen LogP contribution in [0.5, 0.6) is 5.75 Å². The lowest BCUT2D eigenvalue weighted by molar-refractivity contribution is -0.116. The third-order valence-corrected chi connectivity index (χ3v) is 6.83. The van der Waals surface area contributed by atoms with Crippen LogP contribution in [0.4, 0.5) is 8.78 Å². The predicted octanol–water partition coefficient (Wildman–Crippen LogP) is 3.45. The number of carbonyl (C=O) groups is 1. The first-order valence-electron chi connectivity index (χ1n) is 11.3. The predicted molar refractivity (Wildman–Crippen MR) is 130 cm³/mol. The molecule has 1 fully saturated rings. The van der Waals surface area contributed by atoms with E-state index in [0.29, 0.717) is 15.8 Å². The van der Waals surface area contributed by atoms with Crippen molar-refractivity contribution in [1.82, 2.24) is 9.88 Å². The van der Waals surface area contributed by atoms with E-state index in [2.05, 4.69) is 10.1 Å². The van der Waals surface area contributed by atoms with Gasteiger partial charge in [0.2, 0.25) is 0 Å². The van der Waals surface area contributed by atoms with Gasteiger partial charge in [0.05, 0.1) is 10.2 Å². The smallest absolute Gasteiger partial charge is 0.387 e. The maximum atomic E-state index is 13.4. The van der Waals surface area contributed by atoms with Crippen LogP contribution < -0.4 is 24.8 Å². The van der Waals surface area contributed by atoms with Gasteiger partial charge in [0.1, 0.15) is 16.5 Å². The average Bonchev–Trinajstić information content (AvgIpc) is 3.17. The van der Waals surface area contributed by atoms with E-state index in [1.54, 1.807) is 48.5 Å². The van der Waals surface area contributed by atoms with Gasteiger partial charge >= 0.3 is 6.61 Å². The van der Waals surface area contributed by atoms with E-state index in [1.165, 1.54) is 16.7 Å². The Hall–Kier alpha value is -3.77. The van der Waals surface area contributed by atoms with Gasteiger partial charge in [-0.3, -0.25) is 14.2 Å². The van der Waals surface area contributed by atoms with Crippen molar-refractivity contribution in [2.75, 3.05) is 0 Å². The highest BCUT2D eigenvalue weighted by molar-refractivity contribution is 7.07. The zero-order valence-electron chi connectivity index (χ0n) is 18.7. The van der Waals surface area contributed by atoms with Gasteiger partial charge in [-0.2, -0.15) is 14.0 Å². The molecule has 0 bridgehead atoms. The van der Waals surface area contributed by atoms with Crippen molar-refractivity contribution in [2.24, 2.45) is 0 Å². The maximum absolute atomic E-state index is 13.4. The summed E-state index contributed by atoms with van der Waals surface area (Å²) in [6.45, 7) is -2.93. The van der Waals surface area contributed by atoms with Gasteiger partial charge in [-0.1, -0.05) is 49.6 Å². The number of carbonyl (C=O) groups excluding carboxylic acids is 1. The summed E-state index contributed by atoms with van der Waals surface area (Å²) in [6, 6.07) is 16.7. The monoisotopic (exact) mass is 495 g/mol. The van der Waals surface area contributed by atoms with Crippen LogP contribution >= 0.6 is 11.3 Å². The number of amides is 1. The van der Waals surface area contributed by atoms with Crippen molar-refractivity contribution in [3.8, 4) is 17.5 Å². The van der Waals surface area contributed by atoms with Crippen LogP contribution in [0.15, 0.2) is 59.4 Å². The van der Waals surface area contributed by atoms with E-state index in [0.717, 1.165) is 43.4 Å². The number of thiazole rings is 1. The minimum Gasteiger partial charge on any atom is -0.435 e. The molecule has 180 valence electrons. The maximum Gasteiger partial charge on any atom is 0.387 e. The Morgan fingerprint density at radius 1 is 1.11 bits per heavy atom. The van der Waals surface area contributed by atoms with Crippen LogP contribution in [0, 0.1) is 11.3 Å².